The molecule has 1 aliphatic heterocycles. The number of halogens is 3. The molecule has 0 aliphatic carbocycles. The SMILES string of the molecule is CCC1(CCCNc2ncc(Cl)c(-c3cc4c(C(=O)NC)cccc4s3)n2)CCN(C)CC1.Cl.Cl. The summed E-state index contributed by atoms with van der Waals surface area (Å²) in [5, 5.41) is 7.51. The molecule has 0 atom stereocenters. The lowest BCUT2D eigenvalue weighted by Gasteiger charge is -2.40. The van der Waals surface area contributed by atoms with E-state index in [9.17, 15) is 4.79 Å². The Bertz CT molecular complexity index is 1130. The normalized spacial score (nSPS) is 15.2. The quantitative estimate of drug-likeness (QED) is 0.308. The first-order valence-electron chi connectivity index (χ1n) is 11.6. The van der Waals surface area contributed by atoms with Crippen molar-refractivity contribution in [3.05, 3.63) is 41.0 Å². The molecule has 1 amide bonds. The van der Waals surface area contributed by atoms with Gasteiger partial charge in [-0.05, 0) is 69.4 Å². The molecule has 2 aromatic heterocycles. The Balaban J connectivity index is 0.00000216. The molecule has 0 spiro atoms. The highest BCUT2D eigenvalue weighted by molar-refractivity contribution is 7.22. The van der Waals surface area contributed by atoms with E-state index in [-0.39, 0.29) is 30.7 Å². The standard InChI is InChI=1S/C25H32ClN5OS.2ClH/c1-4-25(10-13-31(3)14-11-25)9-6-12-28-24-29-16-19(26)22(30-24)21-15-18-17(23(32)27-2)7-5-8-20(18)33-21;;/h5,7-8,15-16H,4,6,9-14H2,1-3H3,(H,27,32)(H,28,29,30);2*1H. The Morgan fingerprint density at radius 3 is 2.69 bits per heavy atom. The lowest BCUT2D eigenvalue weighted by atomic mass is 9.73. The van der Waals surface area contributed by atoms with Crippen molar-refractivity contribution < 1.29 is 4.79 Å². The third kappa shape index (κ3) is 6.77. The molecular weight excluding hydrogens is 525 g/mol. The summed E-state index contributed by atoms with van der Waals surface area (Å²) in [4.78, 5) is 24.7. The molecule has 0 radical (unpaired) electrons. The highest BCUT2D eigenvalue weighted by Gasteiger charge is 2.31. The number of hydrogen-bond donors (Lipinski definition) is 2. The number of thiophene rings is 1. The van der Waals surface area contributed by atoms with Gasteiger partial charge in [-0.3, -0.25) is 4.79 Å². The summed E-state index contributed by atoms with van der Waals surface area (Å²) in [5.74, 6) is 0.489. The van der Waals surface area contributed by atoms with Crippen molar-refractivity contribution in [2.24, 2.45) is 5.41 Å². The minimum Gasteiger partial charge on any atom is -0.355 e. The number of aromatic nitrogens is 2. The van der Waals surface area contributed by atoms with Crippen LogP contribution in [0.5, 0.6) is 0 Å². The number of anilines is 1. The van der Waals surface area contributed by atoms with Gasteiger partial charge in [-0.25, -0.2) is 9.97 Å². The molecule has 0 saturated carbocycles. The summed E-state index contributed by atoms with van der Waals surface area (Å²) >= 11 is 8.05. The van der Waals surface area contributed by atoms with Crippen LogP contribution in [0.15, 0.2) is 30.5 Å². The fourth-order valence-electron chi connectivity index (χ4n) is 4.67. The largest absolute Gasteiger partial charge is 0.355 e. The lowest BCUT2D eigenvalue weighted by Crippen LogP contribution is -2.37. The second-order valence-electron chi connectivity index (χ2n) is 8.98. The van der Waals surface area contributed by atoms with Gasteiger partial charge in [0.15, 0.2) is 0 Å². The Morgan fingerprint density at radius 2 is 2.00 bits per heavy atom. The van der Waals surface area contributed by atoms with E-state index in [0.29, 0.717) is 27.6 Å². The molecule has 35 heavy (non-hydrogen) atoms. The van der Waals surface area contributed by atoms with Crippen molar-refractivity contribution >= 4 is 69.7 Å². The van der Waals surface area contributed by atoms with Crippen LogP contribution in [0.4, 0.5) is 5.95 Å². The van der Waals surface area contributed by atoms with Crippen LogP contribution in [0.3, 0.4) is 0 Å². The molecule has 192 valence electrons. The molecule has 0 bridgehead atoms. The molecule has 10 heteroatoms. The number of benzene rings is 1. The molecule has 3 aromatic rings. The minimum atomic E-state index is -0.101. The second-order valence-corrected chi connectivity index (χ2v) is 10.5. The zero-order valence-electron chi connectivity index (χ0n) is 20.4. The molecule has 2 N–H and O–H groups in total. The first-order chi connectivity index (χ1) is 15.9. The van der Waals surface area contributed by atoms with Crippen LogP contribution < -0.4 is 10.6 Å². The number of rotatable bonds is 8. The van der Waals surface area contributed by atoms with Gasteiger partial charge in [0, 0.05) is 29.2 Å². The molecule has 4 rings (SSSR count). The molecule has 1 fully saturated rings. The maximum absolute atomic E-state index is 12.2. The van der Waals surface area contributed by atoms with Gasteiger partial charge in [0.2, 0.25) is 5.95 Å². The van der Waals surface area contributed by atoms with E-state index in [1.165, 1.54) is 38.8 Å². The van der Waals surface area contributed by atoms with Gasteiger partial charge < -0.3 is 15.5 Å². The number of fused-ring (bicyclic) bond motifs is 1. The molecule has 0 unspecified atom stereocenters. The number of carbonyl (C=O) groups is 1. The van der Waals surface area contributed by atoms with E-state index in [0.717, 1.165) is 27.9 Å². The van der Waals surface area contributed by atoms with Crippen molar-refractivity contribution in [2.75, 3.05) is 39.0 Å². The zero-order valence-corrected chi connectivity index (χ0v) is 23.6. The van der Waals surface area contributed by atoms with Gasteiger partial charge in [-0.2, -0.15) is 0 Å². The van der Waals surface area contributed by atoms with Gasteiger partial charge in [0.25, 0.3) is 5.91 Å². The smallest absolute Gasteiger partial charge is 0.251 e. The fourth-order valence-corrected chi connectivity index (χ4v) is 6.01. The highest BCUT2D eigenvalue weighted by Crippen LogP contribution is 2.39. The number of nitrogens with zero attached hydrogens (tertiary/aromatic N) is 3. The number of likely N-dealkylation sites (tertiary alicyclic amines) is 1. The van der Waals surface area contributed by atoms with Crippen molar-refractivity contribution in [2.45, 2.75) is 39.0 Å². The van der Waals surface area contributed by atoms with Gasteiger partial charge in [-0.1, -0.05) is 31.0 Å². The van der Waals surface area contributed by atoms with E-state index >= 15 is 0 Å². The predicted octanol–water partition coefficient (Wildman–Crippen LogP) is 6.53. The summed E-state index contributed by atoms with van der Waals surface area (Å²) < 4.78 is 1.03. The molecule has 1 aliphatic rings. The molecule has 6 nitrogen and oxygen atoms in total. The Kier molecular flexibility index (Phi) is 11.0. The van der Waals surface area contributed by atoms with E-state index in [1.807, 2.05) is 24.3 Å². The van der Waals surface area contributed by atoms with Crippen LogP contribution in [0.2, 0.25) is 5.02 Å². The summed E-state index contributed by atoms with van der Waals surface area (Å²) in [6, 6.07) is 7.74. The Hall–Kier alpha value is -1.64. The van der Waals surface area contributed by atoms with Crippen molar-refractivity contribution in [1.29, 1.82) is 0 Å². The zero-order chi connectivity index (χ0) is 23.4. The van der Waals surface area contributed by atoms with Gasteiger partial charge in [0.1, 0.15) is 5.69 Å². The fraction of sp³-hybridized carbons (Fsp3) is 0.480. The summed E-state index contributed by atoms with van der Waals surface area (Å²) in [6.07, 6.45) is 7.78. The van der Waals surface area contributed by atoms with Crippen molar-refractivity contribution in [3.63, 3.8) is 0 Å². The molecule has 1 saturated heterocycles. The van der Waals surface area contributed by atoms with Gasteiger partial charge in [0.05, 0.1) is 16.1 Å². The monoisotopic (exact) mass is 557 g/mol. The summed E-state index contributed by atoms with van der Waals surface area (Å²) in [7, 11) is 3.86. The van der Waals surface area contributed by atoms with Gasteiger partial charge >= 0.3 is 0 Å². The second kappa shape index (κ2) is 13.1. The van der Waals surface area contributed by atoms with E-state index < -0.39 is 0 Å². The third-order valence-corrected chi connectivity index (χ3v) is 8.36. The number of amides is 1. The van der Waals surface area contributed by atoms with Crippen molar-refractivity contribution in [1.82, 2.24) is 20.2 Å². The van der Waals surface area contributed by atoms with Crippen LogP contribution in [0.1, 0.15) is 49.4 Å². The topological polar surface area (TPSA) is 70.1 Å². The van der Waals surface area contributed by atoms with E-state index in [4.69, 9.17) is 16.6 Å². The highest BCUT2D eigenvalue weighted by atomic mass is 35.5. The average molecular weight is 559 g/mol. The van der Waals surface area contributed by atoms with Crippen LogP contribution in [-0.4, -0.2) is 54.5 Å². The summed E-state index contributed by atoms with van der Waals surface area (Å²) in [6.45, 7) is 5.56. The predicted molar refractivity (Wildman–Crippen MR) is 153 cm³/mol. The lowest BCUT2D eigenvalue weighted by molar-refractivity contribution is 0.0964. The number of piperidine rings is 1. The van der Waals surface area contributed by atoms with Crippen LogP contribution in [-0.2, 0) is 0 Å². The third-order valence-electron chi connectivity index (χ3n) is 6.98. The average Bonchev–Trinajstić information content (AvgIpc) is 3.28. The minimum absolute atomic E-state index is 0. The van der Waals surface area contributed by atoms with Crippen LogP contribution >= 0.6 is 47.8 Å². The number of hydrogen-bond acceptors (Lipinski definition) is 6. The Labute approximate surface area is 229 Å². The van der Waals surface area contributed by atoms with Crippen LogP contribution in [0.25, 0.3) is 20.7 Å². The molecular formula is C25H34Cl3N5OS. The number of carbonyl (C=O) groups excluding carboxylic acids is 1. The first kappa shape index (κ1) is 29.6. The van der Waals surface area contributed by atoms with E-state index in [1.54, 1.807) is 24.6 Å². The molecule has 3 heterocycles. The molecule has 1 aromatic carbocycles. The maximum Gasteiger partial charge on any atom is 0.251 e. The number of nitrogens with one attached hydrogen (secondary N) is 2. The Morgan fingerprint density at radius 1 is 1.26 bits per heavy atom. The van der Waals surface area contributed by atoms with E-state index in [2.05, 4.69) is 34.5 Å². The summed E-state index contributed by atoms with van der Waals surface area (Å²) in [5.41, 5.74) is 1.82. The van der Waals surface area contributed by atoms with Crippen molar-refractivity contribution in [3.8, 4) is 10.6 Å². The maximum atomic E-state index is 12.2. The van der Waals surface area contributed by atoms with Crippen LogP contribution in [0, 0.1) is 5.41 Å². The van der Waals surface area contributed by atoms with Gasteiger partial charge in [-0.15, -0.1) is 36.2 Å². The first-order valence-corrected chi connectivity index (χ1v) is 12.8.